The predicted molar refractivity (Wildman–Crippen MR) is 116 cm³/mol. The van der Waals surface area contributed by atoms with E-state index in [9.17, 15) is 22.4 Å². The number of anilines is 1. The van der Waals surface area contributed by atoms with Gasteiger partial charge in [-0.1, -0.05) is 17.7 Å². The van der Waals surface area contributed by atoms with Gasteiger partial charge in [0.1, 0.15) is 5.82 Å². The molecule has 1 saturated heterocycles. The average molecular weight is 485 g/mol. The maximum absolute atomic E-state index is 13.1. The van der Waals surface area contributed by atoms with Gasteiger partial charge in [0, 0.05) is 13.1 Å². The summed E-state index contributed by atoms with van der Waals surface area (Å²) in [5.74, 6) is -2.11. The molecule has 172 valence electrons. The van der Waals surface area contributed by atoms with Gasteiger partial charge in [-0.05, 0) is 49.7 Å². The van der Waals surface area contributed by atoms with E-state index in [1.54, 1.807) is 6.92 Å². The standard InChI is InChI=1S/C21H22ClFN2O6S/c1-13-3-4-15(11-19(13)32(28,29)25-7-9-30-10-8-25)21(27)31-14(2)20(26)24-18-6-5-16(23)12-17(18)22/h3-6,11-12,14H,7-10H2,1-2H3,(H,24,26). The Morgan fingerprint density at radius 3 is 2.53 bits per heavy atom. The highest BCUT2D eigenvalue weighted by Gasteiger charge is 2.29. The van der Waals surface area contributed by atoms with Crippen LogP contribution in [0.1, 0.15) is 22.8 Å². The Bertz CT molecular complexity index is 1140. The van der Waals surface area contributed by atoms with Crippen LogP contribution < -0.4 is 5.32 Å². The first-order valence-corrected chi connectivity index (χ1v) is 11.6. The van der Waals surface area contributed by atoms with Gasteiger partial charge in [0.05, 0.1) is 34.4 Å². The topological polar surface area (TPSA) is 102 Å². The third-order valence-electron chi connectivity index (χ3n) is 4.85. The summed E-state index contributed by atoms with van der Waals surface area (Å²) in [6.07, 6.45) is -1.22. The summed E-state index contributed by atoms with van der Waals surface area (Å²) in [5.41, 5.74) is 0.627. The van der Waals surface area contributed by atoms with Crippen LogP contribution in [0.4, 0.5) is 10.1 Å². The van der Waals surface area contributed by atoms with Gasteiger partial charge < -0.3 is 14.8 Å². The van der Waals surface area contributed by atoms with E-state index in [1.807, 2.05) is 0 Å². The molecule has 1 unspecified atom stereocenters. The van der Waals surface area contributed by atoms with Crippen molar-refractivity contribution in [1.82, 2.24) is 4.31 Å². The van der Waals surface area contributed by atoms with Gasteiger partial charge in [-0.25, -0.2) is 17.6 Å². The van der Waals surface area contributed by atoms with E-state index in [-0.39, 0.29) is 34.3 Å². The maximum atomic E-state index is 13.1. The van der Waals surface area contributed by atoms with Crippen LogP contribution in [-0.2, 0) is 24.3 Å². The normalized spacial score (nSPS) is 15.8. The molecule has 11 heteroatoms. The molecule has 0 aliphatic carbocycles. The van der Waals surface area contributed by atoms with Crippen molar-refractivity contribution in [2.45, 2.75) is 24.8 Å². The van der Waals surface area contributed by atoms with Crippen LogP contribution in [0.25, 0.3) is 0 Å². The van der Waals surface area contributed by atoms with Crippen LogP contribution in [0.3, 0.4) is 0 Å². The predicted octanol–water partition coefficient (Wildman–Crippen LogP) is 2.99. The van der Waals surface area contributed by atoms with Crippen LogP contribution in [0.15, 0.2) is 41.3 Å². The maximum Gasteiger partial charge on any atom is 0.338 e. The Kier molecular flexibility index (Phi) is 7.50. The Balaban J connectivity index is 1.73. The molecule has 3 rings (SSSR count). The SMILES string of the molecule is Cc1ccc(C(=O)OC(C)C(=O)Nc2ccc(F)cc2Cl)cc1S(=O)(=O)N1CCOCC1. The molecule has 1 atom stereocenters. The molecule has 1 N–H and O–H groups in total. The number of hydrogen-bond donors (Lipinski definition) is 1. The largest absolute Gasteiger partial charge is 0.449 e. The Morgan fingerprint density at radius 1 is 1.19 bits per heavy atom. The molecule has 2 aromatic rings. The molecule has 8 nitrogen and oxygen atoms in total. The number of morpholine rings is 1. The fourth-order valence-electron chi connectivity index (χ4n) is 3.04. The Labute approximate surface area is 190 Å². The van der Waals surface area contributed by atoms with Gasteiger partial charge in [-0.15, -0.1) is 0 Å². The summed E-state index contributed by atoms with van der Waals surface area (Å²) in [5, 5.41) is 2.45. The second-order valence-corrected chi connectivity index (χ2v) is 9.47. The van der Waals surface area contributed by atoms with Crippen molar-refractivity contribution >= 4 is 39.2 Å². The number of esters is 1. The number of nitrogens with zero attached hydrogens (tertiary/aromatic N) is 1. The van der Waals surface area contributed by atoms with Crippen molar-refractivity contribution < 1.29 is 31.9 Å². The van der Waals surface area contributed by atoms with E-state index in [1.165, 1.54) is 35.5 Å². The number of carbonyl (C=O) groups excluding carboxylic acids is 2. The molecule has 1 fully saturated rings. The van der Waals surface area contributed by atoms with E-state index < -0.39 is 33.8 Å². The molecule has 0 radical (unpaired) electrons. The quantitative estimate of drug-likeness (QED) is 0.632. The van der Waals surface area contributed by atoms with Crippen molar-refractivity contribution in [3.63, 3.8) is 0 Å². The minimum Gasteiger partial charge on any atom is -0.449 e. The zero-order valence-electron chi connectivity index (χ0n) is 17.4. The molecule has 0 spiro atoms. The van der Waals surface area contributed by atoms with Crippen LogP contribution in [0.5, 0.6) is 0 Å². The molecule has 1 amide bonds. The van der Waals surface area contributed by atoms with Crippen molar-refractivity contribution in [3.8, 4) is 0 Å². The van der Waals surface area contributed by atoms with Crippen LogP contribution in [-0.4, -0.2) is 57.0 Å². The molecular weight excluding hydrogens is 463 g/mol. The second kappa shape index (κ2) is 9.95. The minimum absolute atomic E-state index is 0.00614. The number of amides is 1. The molecular formula is C21H22ClFN2O6S. The number of benzene rings is 2. The first-order chi connectivity index (χ1) is 15.1. The van der Waals surface area contributed by atoms with Crippen molar-refractivity contribution in [2.75, 3.05) is 31.6 Å². The fourth-order valence-corrected chi connectivity index (χ4v) is 4.91. The van der Waals surface area contributed by atoms with E-state index in [2.05, 4.69) is 5.32 Å². The van der Waals surface area contributed by atoms with Gasteiger partial charge in [0.2, 0.25) is 10.0 Å². The zero-order valence-corrected chi connectivity index (χ0v) is 19.0. The van der Waals surface area contributed by atoms with Crippen LogP contribution in [0, 0.1) is 12.7 Å². The molecule has 1 aliphatic rings. The molecule has 0 aromatic heterocycles. The fraction of sp³-hybridized carbons (Fsp3) is 0.333. The smallest absolute Gasteiger partial charge is 0.338 e. The zero-order chi connectivity index (χ0) is 23.5. The van der Waals surface area contributed by atoms with Crippen molar-refractivity contribution in [1.29, 1.82) is 0 Å². The number of ether oxygens (including phenoxy) is 2. The van der Waals surface area contributed by atoms with Gasteiger partial charge in [-0.3, -0.25) is 4.79 Å². The van der Waals surface area contributed by atoms with Crippen LogP contribution in [0.2, 0.25) is 5.02 Å². The van der Waals surface area contributed by atoms with Crippen LogP contribution >= 0.6 is 11.6 Å². The lowest BCUT2D eigenvalue weighted by Crippen LogP contribution is -2.40. The molecule has 32 heavy (non-hydrogen) atoms. The lowest BCUT2D eigenvalue weighted by Gasteiger charge is -2.26. The van der Waals surface area contributed by atoms with E-state index in [4.69, 9.17) is 21.1 Å². The first kappa shape index (κ1) is 24.1. The molecule has 0 bridgehead atoms. The number of nitrogens with one attached hydrogen (secondary N) is 1. The lowest BCUT2D eigenvalue weighted by molar-refractivity contribution is -0.123. The van der Waals surface area contributed by atoms with E-state index >= 15 is 0 Å². The third kappa shape index (κ3) is 5.44. The van der Waals surface area contributed by atoms with Crippen molar-refractivity contribution in [2.24, 2.45) is 0 Å². The first-order valence-electron chi connectivity index (χ1n) is 9.75. The Hall–Kier alpha value is -2.53. The van der Waals surface area contributed by atoms with Gasteiger partial charge in [0.25, 0.3) is 5.91 Å². The second-order valence-electron chi connectivity index (χ2n) is 7.16. The number of halogens is 2. The summed E-state index contributed by atoms with van der Waals surface area (Å²) >= 11 is 5.89. The summed E-state index contributed by atoms with van der Waals surface area (Å²) in [4.78, 5) is 24.9. The highest BCUT2D eigenvalue weighted by atomic mass is 35.5. The summed E-state index contributed by atoms with van der Waals surface area (Å²) < 4.78 is 50.8. The number of sulfonamides is 1. The summed E-state index contributed by atoms with van der Waals surface area (Å²) in [7, 11) is -3.82. The number of carbonyl (C=O) groups is 2. The van der Waals surface area contributed by atoms with Crippen molar-refractivity contribution in [3.05, 3.63) is 58.4 Å². The lowest BCUT2D eigenvalue weighted by atomic mass is 10.1. The number of aryl methyl sites for hydroxylation is 1. The average Bonchev–Trinajstić information content (AvgIpc) is 2.76. The summed E-state index contributed by atoms with van der Waals surface area (Å²) in [6, 6.07) is 7.62. The number of rotatable bonds is 6. The highest BCUT2D eigenvalue weighted by Crippen LogP contribution is 2.24. The number of hydrogen-bond acceptors (Lipinski definition) is 6. The summed E-state index contributed by atoms with van der Waals surface area (Å²) in [6.45, 7) is 4.02. The Morgan fingerprint density at radius 2 is 1.88 bits per heavy atom. The van der Waals surface area contributed by atoms with E-state index in [0.29, 0.717) is 18.8 Å². The van der Waals surface area contributed by atoms with Gasteiger partial charge >= 0.3 is 5.97 Å². The highest BCUT2D eigenvalue weighted by molar-refractivity contribution is 7.89. The third-order valence-corrected chi connectivity index (χ3v) is 7.21. The molecule has 1 aliphatic heterocycles. The van der Waals surface area contributed by atoms with Gasteiger partial charge in [0.15, 0.2) is 6.10 Å². The van der Waals surface area contributed by atoms with E-state index in [0.717, 1.165) is 12.1 Å². The molecule has 1 heterocycles. The monoisotopic (exact) mass is 484 g/mol. The minimum atomic E-state index is -3.82. The molecule has 2 aromatic carbocycles. The molecule has 0 saturated carbocycles. The van der Waals surface area contributed by atoms with Gasteiger partial charge in [-0.2, -0.15) is 4.31 Å².